The van der Waals surface area contributed by atoms with Crippen molar-refractivity contribution in [1.29, 1.82) is 0 Å². The second-order valence-electron chi connectivity index (χ2n) is 6.26. The molecule has 4 rings (SSSR count). The average Bonchev–Trinajstić information content (AvgIpc) is 3.17. The van der Waals surface area contributed by atoms with Crippen molar-refractivity contribution in [2.45, 2.75) is 12.7 Å². The minimum atomic E-state index is -4.71. The van der Waals surface area contributed by atoms with Crippen molar-refractivity contribution < 1.29 is 22.7 Å². The lowest BCUT2D eigenvalue weighted by molar-refractivity contribution is -0.146. The first-order chi connectivity index (χ1) is 14.4. The van der Waals surface area contributed by atoms with Crippen LogP contribution >= 0.6 is 0 Å². The molecule has 0 saturated carbocycles. The molecule has 2 aromatic heterocycles. The Bertz CT molecular complexity index is 1190. The monoisotopic (exact) mass is 413 g/mol. The van der Waals surface area contributed by atoms with Gasteiger partial charge in [-0.3, -0.25) is 4.79 Å². The van der Waals surface area contributed by atoms with Crippen LogP contribution in [0.3, 0.4) is 0 Å². The molecule has 152 valence electrons. The normalized spacial score (nSPS) is 11.4. The summed E-state index contributed by atoms with van der Waals surface area (Å²) in [6.07, 6.45) is -4.71. The number of fused-ring (bicyclic) bond motifs is 1. The molecule has 0 radical (unpaired) electrons. The molecule has 1 amide bonds. The molecule has 0 aliphatic heterocycles. The van der Waals surface area contributed by atoms with Crippen LogP contribution in [0.1, 0.15) is 21.7 Å². The largest absolute Gasteiger partial charge is 0.453 e. The van der Waals surface area contributed by atoms with Gasteiger partial charge in [0.2, 0.25) is 5.88 Å². The van der Waals surface area contributed by atoms with E-state index in [1.165, 1.54) is 18.2 Å². The van der Waals surface area contributed by atoms with Gasteiger partial charge in [-0.05, 0) is 29.8 Å². The number of aromatic nitrogens is 4. The molecule has 0 aliphatic rings. The van der Waals surface area contributed by atoms with E-state index in [0.717, 1.165) is 5.56 Å². The summed E-state index contributed by atoms with van der Waals surface area (Å²) >= 11 is 0. The molecule has 0 atom stereocenters. The fraction of sp³-hybridized carbons (Fsp3) is 0.100. The van der Waals surface area contributed by atoms with Gasteiger partial charge in [0.1, 0.15) is 5.75 Å². The summed E-state index contributed by atoms with van der Waals surface area (Å²) in [6.45, 7) is 0.358. The Hall–Kier alpha value is -3.95. The van der Waals surface area contributed by atoms with Crippen LogP contribution in [0, 0.1) is 0 Å². The van der Waals surface area contributed by atoms with Gasteiger partial charge < -0.3 is 10.1 Å². The van der Waals surface area contributed by atoms with E-state index in [1.807, 2.05) is 30.3 Å². The molecular formula is C20H14F3N5O2. The molecule has 0 unspecified atom stereocenters. The van der Waals surface area contributed by atoms with Crippen molar-refractivity contribution in [3.8, 4) is 11.6 Å². The molecular weight excluding hydrogens is 399 g/mol. The van der Waals surface area contributed by atoms with E-state index in [-0.39, 0.29) is 23.2 Å². The standard InChI is InChI=1S/C20H14F3N5O2/c21-20(22,23)19-26-25-16-9-10-17(27-28(16)19)30-15-8-4-7-14(11-15)18(29)24-12-13-5-2-1-3-6-13/h1-11H,12H2,(H,24,29). The summed E-state index contributed by atoms with van der Waals surface area (Å²) in [7, 11) is 0. The maximum Gasteiger partial charge on any atom is 0.453 e. The topological polar surface area (TPSA) is 81.4 Å². The van der Waals surface area contributed by atoms with Crippen molar-refractivity contribution in [3.05, 3.63) is 83.7 Å². The zero-order chi connectivity index (χ0) is 21.1. The van der Waals surface area contributed by atoms with Crippen molar-refractivity contribution in [2.75, 3.05) is 0 Å². The van der Waals surface area contributed by atoms with Crippen LogP contribution in [0.2, 0.25) is 0 Å². The van der Waals surface area contributed by atoms with E-state index in [9.17, 15) is 18.0 Å². The van der Waals surface area contributed by atoms with Gasteiger partial charge in [-0.15, -0.1) is 15.3 Å². The van der Waals surface area contributed by atoms with E-state index in [4.69, 9.17) is 4.74 Å². The van der Waals surface area contributed by atoms with Crippen LogP contribution < -0.4 is 10.1 Å². The minimum Gasteiger partial charge on any atom is -0.438 e. The predicted molar refractivity (Wildman–Crippen MR) is 99.9 cm³/mol. The number of ether oxygens (including phenoxy) is 1. The lowest BCUT2D eigenvalue weighted by atomic mass is 10.2. The number of hydrogen-bond donors (Lipinski definition) is 1. The number of rotatable bonds is 5. The second kappa shape index (κ2) is 7.82. The van der Waals surface area contributed by atoms with Crippen molar-refractivity contribution in [3.63, 3.8) is 0 Å². The summed E-state index contributed by atoms with van der Waals surface area (Å²) < 4.78 is 45.1. The summed E-state index contributed by atoms with van der Waals surface area (Å²) in [5, 5.41) is 13.1. The third kappa shape index (κ3) is 4.22. The number of benzene rings is 2. The number of amides is 1. The summed E-state index contributed by atoms with van der Waals surface area (Å²) in [5.41, 5.74) is 1.22. The maximum absolute atomic E-state index is 13.0. The molecule has 4 aromatic rings. The number of halogens is 3. The molecule has 0 fully saturated rings. The number of nitrogens with zero attached hydrogens (tertiary/aromatic N) is 4. The SMILES string of the molecule is O=C(NCc1ccccc1)c1cccc(Oc2ccc3nnc(C(F)(F)F)n3n2)c1. The van der Waals surface area contributed by atoms with E-state index in [0.29, 0.717) is 16.6 Å². The van der Waals surface area contributed by atoms with E-state index in [2.05, 4.69) is 20.6 Å². The molecule has 2 aromatic carbocycles. The first kappa shape index (κ1) is 19.4. The Morgan fingerprint density at radius 2 is 1.80 bits per heavy atom. The fourth-order valence-electron chi connectivity index (χ4n) is 2.71. The summed E-state index contributed by atoms with van der Waals surface area (Å²) in [6, 6.07) is 18.3. The van der Waals surface area contributed by atoms with E-state index in [1.54, 1.807) is 18.2 Å². The number of hydrogen-bond acceptors (Lipinski definition) is 5. The zero-order valence-corrected chi connectivity index (χ0v) is 15.3. The predicted octanol–water partition coefficient (Wildman–Crippen LogP) is 3.87. The van der Waals surface area contributed by atoms with Crippen LogP contribution in [0.15, 0.2) is 66.7 Å². The Labute approximate surface area is 168 Å². The quantitative estimate of drug-likeness (QED) is 0.537. The zero-order valence-electron chi connectivity index (χ0n) is 15.3. The van der Waals surface area contributed by atoms with Crippen LogP contribution in [-0.2, 0) is 12.7 Å². The Morgan fingerprint density at radius 1 is 1.00 bits per heavy atom. The molecule has 1 N–H and O–H groups in total. The van der Waals surface area contributed by atoms with Gasteiger partial charge in [0.25, 0.3) is 11.7 Å². The minimum absolute atomic E-state index is 0.0660. The number of nitrogens with one attached hydrogen (secondary N) is 1. The summed E-state index contributed by atoms with van der Waals surface area (Å²) in [5.74, 6) is -1.42. The Kier molecular flexibility index (Phi) is 5.05. The van der Waals surface area contributed by atoms with Crippen molar-refractivity contribution >= 4 is 11.6 Å². The molecule has 2 heterocycles. The van der Waals surface area contributed by atoms with Gasteiger partial charge in [0.05, 0.1) is 0 Å². The van der Waals surface area contributed by atoms with Gasteiger partial charge in [0.15, 0.2) is 5.65 Å². The number of alkyl halides is 3. The van der Waals surface area contributed by atoms with Crippen LogP contribution in [-0.4, -0.2) is 25.7 Å². The third-order valence-electron chi connectivity index (χ3n) is 4.11. The number of carbonyl (C=O) groups excluding carboxylic acids is 1. The first-order valence-corrected chi connectivity index (χ1v) is 8.80. The molecule has 0 spiro atoms. The molecule has 30 heavy (non-hydrogen) atoms. The molecule has 0 saturated heterocycles. The lowest BCUT2D eigenvalue weighted by Crippen LogP contribution is -2.22. The highest BCUT2D eigenvalue weighted by atomic mass is 19.4. The van der Waals surface area contributed by atoms with Gasteiger partial charge in [0, 0.05) is 18.2 Å². The fourth-order valence-corrected chi connectivity index (χ4v) is 2.71. The smallest absolute Gasteiger partial charge is 0.438 e. The highest BCUT2D eigenvalue weighted by Gasteiger charge is 2.37. The first-order valence-electron chi connectivity index (χ1n) is 8.80. The molecule has 0 bridgehead atoms. The second-order valence-corrected chi connectivity index (χ2v) is 6.26. The molecule has 7 nitrogen and oxygen atoms in total. The van der Waals surface area contributed by atoms with Gasteiger partial charge >= 0.3 is 6.18 Å². The van der Waals surface area contributed by atoms with Crippen LogP contribution in [0.4, 0.5) is 13.2 Å². The highest BCUT2D eigenvalue weighted by molar-refractivity contribution is 5.94. The average molecular weight is 413 g/mol. The maximum atomic E-state index is 13.0. The Balaban J connectivity index is 1.51. The van der Waals surface area contributed by atoms with Crippen molar-refractivity contribution in [1.82, 2.24) is 25.1 Å². The van der Waals surface area contributed by atoms with E-state index >= 15 is 0 Å². The lowest BCUT2D eigenvalue weighted by Gasteiger charge is -2.09. The molecule has 10 heteroatoms. The highest BCUT2D eigenvalue weighted by Crippen LogP contribution is 2.28. The summed E-state index contributed by atoms with van der Waals surface area (Å²) in [4.78, 5) is 12.4. The van der Waals surface area contributed by atoms with Crippen LogP contribution in [0.25, 0.3) is 5.65 Å². The Morgan fingerprint density at radius 3 is 2.57 bits per heavy atom. The van der Waals surface area contributed by atoms with Gasteiger partial charge in [-0.25, -0.2) is 0 Å². The number of carbonyl (C=O) groups is 1. The van der Waals surface area contributed by atoms with Gasteiger partial charge in [-0.2, -0.15) is 17.7 Å². The van der Waals surface area contributed by atoms with E-state index < -0.39 is 12.0 Å². The van der Waals surface area contributed by atoms with Crippen LogP contribution in [0.5, 0.6) is 11.6 Å². The van der Waals surface area contributed by atoms with Crippen molar-refractivity contribution in [2.24, 2.45) is 0 Å². The molecule has 0 aliphatic carbocycles. The van der Waals surface area contributed by atoms with Gasteiger partial charge in [-0.1, -0.05) is 36.4 Å². The third-order valence-corrected chi connectivity index (χ3v) is 4.11.